The average Bonchev–Trinajstić information content (AvgIpc) is 2.44. The van der Waals surface area contributed by atoms with Crippen LogP contribution in [0.25, 0.3) is 11.0 Å². The molecule has 0 saturated heterocycles. The Bertz CT molecular complexity index is 467. The zero-order chi connectivity index (χ0) is 8.55. The molecule has 0 fully saturated rings. The van der Waals surface area contributed by atoms with Crippen LogP contribution in [-0.4, -0.2) is 0 Å². The first kappa shape index (κ1) is 6.86. The van der Waals surface area contributed by atoms with Crippen molar-refractivity contribution in [2.75, 3.05) is 0 Å². The minimum atomic E-state index is -0.576. The van der Waals surface area contributed by atoms with Crippen LogP contribution in [0.5, 0.6) is 0 Å². The molecule has 0 spiro atoms. The lowest BCUT2D eigenvalue weighted by molar-refractivity contribution is 0.543. The summed E-state index contributed by atoms with van der Waals surface area (Å²) in [5.74, 6) is -0.829. The summed E-state index contributed by atoms with van der Waals surface area (Å²) in [6.07, 6.45) is 0. The third kappa shape index (κ3) is 0.785. The molecule has 0 amide bonds. The van der Waals surface area contributed by atoms with E-state index in [1.807, 2.05) is 0 Å². The van der Waals surface area contributed by atoms with Crippen LogP contribution < -0.4 is 0 Å². The minimum absolute atomic E-state index is 0.254. The SMILES string of the molecule is N#Cc1oc2ccccc2c1F. The summed E-state index contributed by atoms with van der Waals surface area (Å²) in [5.41, 5.74) is 0.409. The third-order valence-electron chi connectivity index (χ3n) is 1.64. The van der Waals surface area contributed by atoms with E-state index in [1.165, 1.54) is 0 Å². The smallest absolute Gasteiger partial charge is 0.240 e. The summed E-state index contributed by atoms with van der Waals surface area (Å²) in [6, 6.07) is 8.27. The first-order chi connectivity index (χ1) is 5.83. The van der Waals surface area contributed by atoms with Crippen molar-refractivity contribution < 1.29 is 8.81 Å². The number of halogens is 1. The number of furan rings is 1. The molecule has 0 N–H and O–H groups in total. The Morgan fingerprint density at radius 3 is 2.75 bits per heavy atom. The zero-order valence-electron chi connectivity index (χ0n) is 6.04. The van der Waals surface area contributed by atoms with Gasteiger partial charge < -0.3 is 4.42 Å². The predicted molar refractivity (Wildman–Crippen MR) is 40.9 cm³/mol. The van der Waals surface area contributed by atoms with Crippen molar-refractivity contribution in [3.8, 4) is 6.07 Å². The van der Waals surface area contributed by atoms with Crippen LogP contribution in [0.2, 0.25) is 0 Å². The summed E-state index contributed by atoms with van der Waals surface area (Å²) >= 11 is 0. The van der Waals surface area contributed by atoms with Gasteiger partial charge in [-0.2, -0.15) is 5.26 Å². The van der Waals surface area contributed by atoms with Gasteiger partial charge in [0.15, 0.2) is 5.82 Å². The summed E-state index contributed by atoms with van der Waals surface area (Å²) in [7, 11) is 0. The molecule has 2 nitrogen and oxygen atoms in total. The standard InChI is InChI=1S/C9H4FNO/c10-9-6-3-1-2-4-7(6)12-8(9)5-11/h1-4H. The number of rotatable bonds is 0. The fraction of sp³-hybridized carbons (Fsp3) is 0. The lowest BCUT2D eigenvalue weighted by Gasteiger charge is -1.82. The van der Waals surface area contributed by atoms with Crippen molar-refractivity contribution in [2.24, 2.45) is 0 Å². The Kier molecular flexibility index (Phi) is 1.34. The van der Waals surface area contributed by atoms with Crippen molar-refractivity contribution in [1.82, 2.24) is 0 Å². The molecular weight excluding hydrogens is 157 g/mol. The van der Waals surface area contributed by atoms with Gasteiger partial charge in [-0.25, -0.2) is 4.39 Å². The highest BCUT2D eigenvalue weighted by Gasteiger charge is 2.11. The molecule has 0 radical (unpaired) electrons. The second-order valence-electron chi connectivity index (χ2n) is 2.35. The molecule has 0 aliphatic carbocycles. The quantitative estimate of drug-likeness (QED) is 0.595. The molecule has 58 valence electrons. The summed E-state index contributed by atoms with van der Waals surface area (Å²) < 4.78 is 18.0. The Morgan fingerprint density at radius 2 is 2.08 bits per heavy atom. The van der Waals surface area contributed by atoms with Gasteiger partial charge in [0.1, 0.15) is 11.7 Å². The van der Waals surface area contributed by atoms with Crippen molar-refractivity contribution in [2.45, 2.75) is 0 Å². The number of para-hydroxylation sites is 1. The second-order valence-corrected chi connectivity index (χ2v) is 2.35. The van der Waals surface area contributed by atoms with Crippen LogP contribution >= 0.6 is 0 Å². The molecule has 1 aromatic heterocycles. The third-order valence-corrected chi connectivity index (χ3v) is 1.64. The highest BCUT2D eigenvalue weighted by Crippen LogP contribution is 2.22. The van der Waals surface area contributed by atoms with E-state index in [1.54, 1.807) is 30.3 Å². The molecule has 0 aliphatic rings. The maximum absolute atomic E-state index is 13.1. The van der Waals surface area contributed by atoms with Gasteiger partial charge in [-0.1, -0.05) is 12.1 Å². The second kappa shape index (κ2) is 2.35. The lowest BCUT2D eigenvalue weighted by atomic mass is 10.2. The van der Waals surface area contributed by atoms with Gasteiger partial charge in [-0.15, -0.1) is 0 Å². The Balaban J connectivity index is 2.90. The van der Waals surface area contributed by atoms with Gasteiger partial charge in [0, 0.05) is 0 Å². The van der Waals surface area contributed by atoms with E-state index in [-0.39, 0.29) is 5.76 Å². The molecule has 2 aromatic rings. The maximum atomic E-state index is 13.1. The van der Waals surface area contributed by atoms with E-state index in [9.17, 15) is 4.39 Å². The van der Waals surface area contributed by atoms with Gasteiger partial charge >= 0.3 is 0 Å². The maximum Gasteiger partial charge on any atom is 0.240 e. The van der Waals surface area contributed by atoms with Crippen LogP contribution in [0, 0.1) is 17.1 Å². The first-order valence-corrected chi connectivity index (χ1v) is 3.40. The molecule has 1 aromatic carbocycles. The summed E-state index contributed by atoms with van der Waals surface area (Å²) in [6.45, 7) is 0. The topological polar surface area (TPSA) is 36.9 Å². The number of benzene rings is 1. The molecular formula is C9H4FNO. The van der Waals surface area contributed by atoms with Crippen LogP contribution in [0.4, 0.5) is 4.39 Å². The number of nitrogens with zero attached hydrogens (tertiary/aromatic N) is 1. The van der Waals surface area contributed by atoms with E-state index < -0.39 is 5.82 Å². The van der Waals surface area contributed by atoms with Crippen LogP contribution in [-0.2, 0) is 0 Å². The van der Waals surface area contributed by atoms with Gasteiger partial charge in [-0.3, -0.25) is 0 Å². The molecule has 0 atom stereocenters. The van der Waals surface area contributed by atoms with Crippen molar-refractivity contribution >= 4 is 11.0 Å². The number of nitriles is 1. The van der Waals surface area contributed by atoms with Gasteiger partial charge in [0.25, 0.3) is 0 Å². The van der Waals surface area contributed by atoms with Crippen LogP contribution in [0.15, 0.2) is 28.7 Å². The Morgan fingerprint density at radius 1 is 1.33 bits per heavy atom. The Labute approximate surface area is 67.8 Å². The molecule has 3 heteroatoms. The molecule has 0 unspecified atom stereocenters. The van der Waals surface area contributed by atoms with E-state index >= 15 is 0 Å². The number of hydrogen-bond donors (Lipinski definition) is 0. The van der Waals surface area contributed by atoms with E-state index in [4.69, 9.17) is 9.68 Å². The summed E-state index contributed by atoms with van der Waals surface area (Å²) in [4.78, 5) is 0. The first-order valence-electron chi connectivity index (χ1n) is 3.40. The highest BCUT2D eigenvalue weighted by molar-refractivity contribution is 5.79. The van der Waals surface area contributed by atoms with Gasteiger partial charge in [0.05, 0.1) is 5.39 Å². The minimum Gasteiger partial charge on any atom is -0.442 e. The normalized spacial score (nSPS) is 10.0. The Hall–Kier alpha value is -1.82. The van der Waals surface area contributed by atoms with Gasteiger partial charge in [0.2, 0.25) is 5.76 Å². The van der Waals surface area contributed by atoms with Crippen LogP contribution in [0.3, 0.4) is 0 Å². The molecule has 1 heterocycles. The van der Waals surface area contributed by atoms with E-state index in [0.717, 1.165) is 0 Å². The predicted octanol–water partition coefficient (Wildman–Crippen LogP) is 2.44. The monoisotopic (exact) mass is 161 g/mol. The zero-order valence-corrected chi connectivity index (χ0v) is 6.04. The molecule has 2 rings (SSSR count). The van der Waals surface area contributed by atoms with Crippen molar-refractivity contribution in [3.63, 3.8) is 0 Å². The largest absolute Gasteiger partial charge is 0.442 e. The van der Waals surface area contributed by atoms with Gasteiger partial charge in [-0.05, 0) is 12.1 Å². The fourth-order valence-electron chi connectivity index (χ4n) is 1.09. The number of fused-ring (bicyclic) bond motifs is 1. The molecule has 0 aliphatic heterocycles. The van der Waals surface area contributed by atoms with Crippen molar-refractivity contribution in [3.05, 3.63) is 35.8 Å². The fourth-order valence-corrected chi connectivity index (χ4v) is 1.09. The molecule has 0 saturated carbocycles. The molecule has 12 heavy (non-hydrogen) atoms. The lowest BCUT2D eigenvalue weighted by Crippen LogP contribution is -1.72. The average molecular weight is 161 g/mol. The number of hydrogen-bond acceptors (Lipinski definition) is 2. The van der Waals surface area contributed by atoms with E-state index in [2.05, 4.69) is 0 Å². The van der Waals surface area contributed by atoms with Crippen LogP contribution in [0.1, 0.15) is 5.76 Å². The summed E-state index contributed by atoms with van der Waals surface area (Å²) in [5, 5.41) is 8.79. The van der Waals surface area contributed by atoms with Crippen molar-refractivity contribution in [1.29, 1.82) is 5.26 Å². The van der Waals surface area contributed by atoms with E-state index in [0.29, 0.717) is 11.0 Å². The molecule has 0 bridgehead atoms. The highest BCUT2D eigenvalue weighted by atomic mass is 19.1.